The Kier molecular flexibility index (Phi) is 2.40. The predicted molar refractivity (Wildman–Crippen MR) is 47.4 cm³/mol. The van der Waals surface area contributed by atoms with Crippen molar-refractivity contribution in [1.82, 2.24) is 0 Å². The number of hydrogen-bond donors (Lipinski definition) is 1. The third-order valence-electron chi connectivity index (χ3n) is 2.08. The Morgan fingerprint density at radius 2 is 1.82 bits per heavy atom. The van der Waals surface area contributed by atoms with Crippen LogP contribution in [0, 0.1) is 0 Å². The molecule has 0 fully saturated rings. The van der Waals surface area contributed by atoms with Gasteiger partial charge in [-0.1, -0.05) is 6.07 Å². The van der Waals surface area contributed by atoms with Gasteiger partial charge in [-0.25, -0.2) is 0 Å². The molecule has 0 radical (unpaired) electrons. The highest BCUT2D eigenvalue weighted by Gasteiger charge is 2.09. The lowest BCUT2D eigenvalue weighted by molar-refractivity contribution is 0.474. The van der Waals surface area contributed by atoms with Crippen LogP contribution in [0.2, 0.25) is 0 Å². The summed E-state index contributed by atoms with van der Waals surface area (Å²) in [5.41, 5.74) is 2.75. The third kappa shape index (κ3) is 1.48. The van der Waals surface area contributed by atoms with E-state index in [0.29, 0.717) is 5.75 Å². The average molecular weight is 171 g/mol. The van der Waals surface area contributed by atoms with Crippen molar-refractivity contribution >= 4 is 12.4 Å². The summed E-state index contributed by atoms with van der Waals surface area (Å²) in [5.74, 6) is 0.403. The van der Waals surface area contributed by atoms with E-state index >= 15 is 0 Å². The second-order valence-electron chi connectivity index (χ2n) is 2.81. The molecular weight excluding hydrogens is 160 g/mol. The summed E-state index contributed by atoms with van der Waals surface area (Å²) in [5, 5.41) is 9.10. The molecule has 0 spiro atoms. The van der Waals surface area contributed by atoms with Crippen molar-refractivity contribution < 1.29 is 5.11 Å². The zero-order valence-electron chi connectivity index (χ0n) is 6.21. The molecule has 0 bridgehead atoms. The third-order valence-corrected chi connectivity index (χ3v) is 2.08. The maximum atomic E-state index is 9.10. The molecule has 1 aromatic rings. The smallest absolute Gasteiger partial charge is 0.115 e. The summed E-state index contributed by atoms with van der Waals surface area (Å²) in [6.45, 7) is 0. The van der Waals surface area contributed by atoms with Crippen LogP contribution in [0.25, 0.3) is 0 Å². The van der Waals surface area contributed by atoms with Gasteiger partial charge in [0.2, 0.25) is 0 Å². The van der Waals surface area contributed by atoms with E-state index in [0.717, 1.165) is 6.42 Å². The molecule has 0 aromatic heterocycles. The number of phenolic OH excluding ortho intramolecular Hbond substituents is 1. The summed E-state index contributed by atoms with van der Waals surface area (Å²) in [7, 11) is 0. The van der Waals surface area contributed by atoms with E-state index in [1.165, 1.54) is 24.0 Å². The van der Waals surface area contributed by atoms with Gasteiger partial charge in [-0.15, -0.1) is 12.4 Å². The monoisotopic (exact) mass is 170 g/mol. The van der Waals surface area contributed by atoms with Crippen molar-refractivity contribution in [3.8, 4) is 5.75 Å². The fourth-order valence-electron chi connectivity index (χ4n) is 1.56. The van der Waals surface area contributed by atoms with E-state index in [1.54, 1.807) is 6.07 Å². The first-order chi connectivity index (χ1) is 4.86. The van der Waals surface area contributed by atoms with Crippen LogP contribution in [0.1, 0.15) is 17.5 Å². The van der Waals surface area contributed by atoms with Crippen molar-refractivity contribution in [3.05, 3.63) is 29.3 Å². The molecule has 1 nitrogen and oxygen atoms in total. The summed E-state index contributed by atoms with van der Waals surface area (Å²) < 4.78 is 0. The van der Waals surface area contributed by atoms with Gasteiger partial charge in [0.05, 0.1) is 0 Å². The van der Waals surface area contributed by atoms with E-state index in [9.17, 15) is 0 Å². The van der Waals surface area contributed by atoms with E-state index in [1.807, 2.05) is 12.1 Å². The van der Waals surface area contributed by atoms with Gasteiger partial charge >= 0.3 is 0 Å². The first kappa shape index (κ1) is 8.41. The molecule has 0 unspecified atom stereocenters. The van der Waals surface area contributed by atoms with Gasteiger partial charge in [-0.05, 0) is 42.5 Å². The van der Waals surface area contributed by atoms with E-state index in [4.69, 9.17) is 5.11 Å². The molecule has 60 valence electrons. The number of rotatable bonds is 0. The number of benzene rings is 1. The van der Waals surface area contributed by atoms with Gasteiger partial charge in [0.1, 0.15) is 5.75 Å². The molecule has 1 aliphatic carbocycles. The van der Waals surface area contributed by atoms with Crippen LogP contribution in [0.4, 0.5) is 0 Å². The van der Waals surface area contributed by atoms with Crippen molar-refractivity contribution in [3.63, 3.8) is 0 Å². The molecule has 11 heavy (non-hydrogen) atoms. The summed E-state index contributed by atoms with van der Waals surface area (Å²) >= 11 is 0. The predicted octanol–water partition coefficient (Wildman–Crippen LogP) is 2.30. The fraction of sp³-hybridized carbons (Fsp3) is 0.333. The zero-order valence-corrected chi connectivity index (χ0v) is 7.03. The molecule has 0 heterocycles. The highest BCUT2D eigenvalue weighted by molar-refractivity contribution is 5.85. The summed E-state index contributed by atoms with van der Waals surface area (Å²) in [4.78, 5) is 0. The Morgan fingerprint density at radius 1 is 1.09 bits per heavy atom. The molecule has 0 atom stereocenters. The molecule has 1 aliphatic rings. The van der Waals surface area contributed by atoms with E-state index in [2.05, 4.69) is 0 Å². The highest BCUT2D eigenvalue weighted by Crippen LogP contribution is 2.24. The molecule has 0 aliphatic heterocycles. The number of fused-ring (bicyclic) bond motifs is 1. The Balaban J connectivity index is 0.000000605. The van der Waals surface area contributed by atoms with Gasteiger partial charge in [-0.2, -0.15) is 0 Å². The Labute approximate surface area is 72.5 Å². The second kappa shape index (κ2) is 3.14. The molecule has 2 rings (SSSR count). The lowest BCUT2D eigenvalue weighted by Crippen LogP contribution is -1.78. The number of hydrogen-bond acceptors (Lipinski definition) is 1. The normalized spacial score (nSPS) is 13.8. The van der Waals surface area contributed by atoms with Gasteiger partial charge in [-0.3, -0.25) is 0 Å². The molecule has 0 saturated carbocycles. The minimum absolute atomic E-state index is 0. The largest absolute Gasteiger partial charge is 0.508 e. The van der Waals surface area contributed by atoms with Crippen molar-refractivity contribution in [2.24, 2.45) is 0 Å². The van der Waals surface area contributed by atoms with Crippen LogP contribution in [0.3, 0.4) is 0 Å². The number of aryl methyl sites for hydroxylation is 2. The van der Waals surface area contributed by atoms with Crippen LogP contribution in [-0.2, 0) is 12.8 Å². The minimum atomic E-state index is 0. The number of phenols is 1. The van der Waals surface area contributed by atoms with E-state index < -0.39 is 0 Å². The first-order valence-corrected chi connectivity index (χ1v) is 3.67. The Bertz CT molecular complexity index is 258. The van der Waals surface area contributed by atoms with Crippen LogP contribution in [0.15, 0.2) is 18.2 Å². The average Bonchev–Trinajstić information content (AvgIpc) is 2.33. The SMILES string of the molecule is Cl.Oc1ccc2c(c1)CCC2. The molecular formula is C9H11ClO. The lowest BCUT2D eigenvalue weighted by atomic mass is 10.1. The highest BCUT2D eigenvalue weighted by atomic mass is 35.5. The van der Waals surface area contributed by atoms with Gasteiger partial charge in [0.25, 0.3) is 0 Å². The lowest BCUT2D eigenvalue weighted by Gasteiger charge is -1.97. The van der Waals surface area contributed by atoms with E-state index in [-0.39, 0.29) is 12.4 Å². The second-order valence-corrected chi connectivity index (χ2v) is 2.81. The van der Waals surface area contributed by atoms with Gasteiger partial charge < -0.3 is 5.11 Å². The Morgan fingerprint density at radius 3 is 2.64 bits per heavy atom. The Hall–Kier alpha value is -0.690. The van der Waals surface area contributed by atoms with Crippen LogP contribution < -0.4 is 0 Å². The summed E-state index contributed by atoms with van der Waals surface area (Å²) in [6, 6.07) is 5.67. The molecule has 0 saturated heterocycles. The van der Waals surface area contributed by atoms with Crippen LogP contribution in [0.5, 0.6) is 5.75 Å². The van der Waals surface area contributed by atoms with Crippen LogP contribution in [-0.4, -0.2) is 5.11 Å². The van der Waals surface area contributed by atoms with Gasteiger partial charge in [0.15, 0.2) is 0 Å². The fourth-order valence-corrected chi connectivity index (χ4v) is 1.56. The number of halogens is 1. The quantitative estimate of drug-likeness (QED) is 0.634. The topological polar surface area (TPSA) is 20.2 Å². The molecule has 2 heteroatoms. The van der Waals surface area contributed by atoms with Crippen molar-refractivity contribution in [1.29, 1.82) is 0 Å². The minimum Gasteiger partial charge on any atom is -0.508 e. The van der Waals surface area contributed by atoms with Crippen molar-refractivity contribution in [2.75, 3.05) is 0 Å². The van der Waals surface area contributed by atoms with Gasteiger partial charge in [0, 0.05) is 0 Å². The molecule has 0 amide bonds. The molecule has 1 aromatic carbocycles. The number of aromatic hydroxyl groups is 1. The molecule has 1 N–H and O–H groups in total. The standard InChI is InChI=1S/C9H10O.ClH/c10-9-5-4-7-2-1-3-8(7)6-9;/h4-6,10H,1-3H2;1H. The zero-order chi connectivity index (χ0) is 6.97. The maximum absolute atomic E-state index is 9.10. The summed E-state index contributed by atoms with van der Waals surface area (Å²) in [6.07, 6.45) is 3.58. The van der Waals surface area contributed by atoms with Crippen molar-refractivity contribution in [2.45, 2.75) is 19.3 Å². The first-order valence-electron chi connectivity index (χ1n) is 3.67. The van der Waals surface area contributed by atoms with Crippen LogP contribution >= 0.6 is 12.4 Å². The maximum Gasteiger partial charge on any atom is 0.115 e.